The largest absolute Gasteiger partial charge is 0.350 e. The Bertz CT molecular complexity index is 1390. The smallest absolute Gasteiger partial charge is 0.264 e. The molecular formula is C28H31BrFN3O4S. The highest BCUT2D eigenvalue weighted by Crippen LogP contribution is 2.27. The summed E-state index contributed by atoms with van der Waals surface area (Å²) in [5.74, 6) is -1.64. The van der Waals surface area contributed by atoms with Crippen molar-refractivity contribution in [1.82, 2.24) is 10.2 Å². The first-order valence-electron chi connectivity index (χ1n) is 12.0. The third-order valence-electron chi connectivity index (χ3n) is 5.67. The molecule has 7 nitrogen and oxygen atoms in total. The number of rotatable bonds is 9. The first-order chi connectivity index (χ1) is 17.8. The second-order valence-corrected chi connectivity index (χ2v) is 12.6. The SMILES string of the molecule is C[C@@H](C(=O)NC(C)(C)C)N(Cc1ccccc1F)C(=O)CN(c1cccc(Br)c1)S(=O)(=O)c1ccccc1. The van der Waals surface area contributed by atoms with E-state index in [2.05, 4.69) is 21.2 Å². The number of hydrogen-bond acceptors (Lipinski definition) is 4. The molecule has 3 rings (SSSR count). The molecule has 3 aromatic rings. The molecule has 0 saturated heterocycles. The number of benzene rings is 3. The maximum atomic E-state index is 14.6. The molecule has 0 unspecified atom stereocenters. The predicted molar refractivity (Wildman–Crippen MR) is 149 cm³/mol. The van der Waals surface area contributed by atoms with Crippen LogP contribution in [0, 0.1) is 5.82 Å². The van der Waals surface area contributed by atoms with Crippen LogP contribution in [-0.4, -0.2) is 43.3 Å². The lowest BCUT2D eigenvalue weighted by Gasteiger charge is -2.33. The van der Waals surface area contributed by atoms with Crippen LogP contribution in [0.2, 0.25) is 0 Å². The van der Waals surface area contributed by atoms with Gasteiger partial charge in [-0.3, -0.25) is 13.9 Å². The van der Waals surface area contributed by atoms with E-state index in [4.69, 9.17) is 0 Å². The highest BCUT2D eigenvalue weighted by atomic mass is 79.9. The Hall–Kier alpha value is -3.24. The van der Waals surface area contributed by atoms with Crippen LogP contribution in [0.5, 0.6) is 0 Å². The quantitative estimate of drug-likeness (QED) is 0.368. The van der Waals surface area contributed by atoms with Crippen LogP contribution in [0.4, 0.5) is 10.1 Å². The van der Waals surface area contributed by atoms with Gasteiger partial charge in [-0.25, -0.2) is 12.8 Å². The number of halogens is 2. The second-order valence-electron chi connectivity index (χ2n) is 9.83. The van der Waals surface area contributed by atoms with Gasteiger partial charge in [0, 0.05) is 22.1 Å². The summed E-state index contributed by atoms with van der Waals surface area (Å²) >= 11 is 3.36. The van der Waals surface area contributed by atoms with E-state index in [1.165, 1.54) is 42.2 Å². The molecule has 0 spiro atoms. The molecule has 0 aliphatic carbocycles. The minimum atomic E-state index is -4.16. The van der Waals surface area contributed by atoms with Gasteiger partial charge >= 0.3 is 0 Å². The molecule has 2 amide bonds. The molecule has 1 N–H and O–H groups in total. The number of sulfonamides is 1. The molecule has 0 aliphatic rings. The molecule has 0 bridgehead atoms. The number of carbonyl (C=O) groups is 2. The van der Waals surface area contributed by atoms with Gasteiger partial charge in [-0.15, -0.1) is 0 Å². The molecule has 10 heteroatoms. The van der Waals surface area contributed by atoms with E-state index < -0.39 is 45.8 Å². The van der Waals surface area contributed by atoms with Crippen molar-refractivity contribution in [2.45, 2.75) is 50.7 Å². The molecule has 0 aliphatic heterocycles. The van der Waals surface area contributed by atoms with Crippen LogP contribution < -0.4 is 9.62 Å². The van der Waals surface area contributed by atoms with E-state index >= 15 is 0 Å². The van der Waals surface area contributed by atoms with Crippen molar-refractivity contribution in [3.63, 3.8) is 0 Å². The number of nitrogens with one attached hydrogen (secondary N) is 1. The van der Waals surface area contributed by atoms with Gasteiger partial charge in [0.1, 0.15) is 18.4 Å². The summed E-state index contributed by atoms with van der Waals surface area (Å²) in [5, 5.41) is 2.84. The van der Waals surface area contributed by atoms with E-state index in [1.54, 1.807) is 48.5 Å². The van der Waals surface area contributed by atoms with Crippen molar-refractivity contribution in [1.29, 1.82) is 0 Å². The van der Waals surface area contributed by atoms with E-state index in [9.17, 15) is 22.4 Å². The third-order valence-corrected chi connectivity index (χ3v) is 7.95. The summed E-state index contributed by atoms with van der Waals surface area (Å²) in [6, 6.07) is 19.3. The summed E-state index contributed by atoms with van der Waals surface area (Å²) in [4.78, 5) is 28.1. The summed E-state index contributed by atoms with van der Waals surface area (Å²) in [7, 11) is -4.16. The Labute approximate surface area is 231 Å². The van der Waals surface area contributed by atoms with Crippen LogP contribution in [0.15, 0.2) is 88.2 Å². The number of amides is 2. The summed E-state index contributed by atoms with van der Waals surface area (Å²) in [6.45, 7) is 6.14. The lowest BCUT2D eigenvalue weighted by Crippen LogP contribution is -2.54. The Balaban J connectivity index is 2.04. The Morgan fingerprint density at radius 2 is 1.61 bits per heavy atom. The van der Waals surface area contributed by atoms with Gasteiger partial charge in [-0.05, 0) is 64.1 Å². The minimum absolute atomic E-state index is 0.00644. The maximum absolute atomic E-state index is 14.6. The van der Waals surface area contributed by atoms with Crippen molar-refractivity contribution < 1.29 is 22.4 Å². The van der Waals surface area contributed by atoms with Crippen molar-refractivity contribution in [2.75, 3.05) is 10.8 Å². The average molecular weight is 605 g/mol. The van der Waals surface area contributed by atoms with Crippen LogP contribution in [0.25, 0.3) is 0 Å². The zero-order valence-corrected chi connectivity index (χ0v) is 24.1. The number of anilines is 1. The first-order valence-corrected chi connectivity index (χ1v) is 14.2. The number of carbonyl (C=O) groups excluding carboxylic acids is 2. The fraction of sp³-hybridized carbons (Fsp3) is 0.286. The van der Waals surface area contributed by atoms with Gasteiger partial charge in [0.15, 0.2) is 0 Å². The fourth-order valence-electron chi connectivity index (χ4n) is 3.75. The van der Waals surface area contributed by atoms with Crippen LogP contribution in [0.1, 0.15) is 33.3 Å². The lowest BCUT2D eigenvalue weighted by molar-refractivity contribution is -0.140. The Kier molecular flexibility index (Phi) is 9.32. The first kappa shape index (κ1) is 29.3. The zero-order valence-electron chi connectivity index (χ0n) is 21.7. The molecule has 0 fully saturated rings. The molecule has 3 aromatic carbocycles. The second kappa shape index (κ2) is 12.1. The van der Waals surface area contributed by atoms with Gasteiger partial charge in [0.25, 0.3) is 10.0 Å². The maximum Gasteiger partial charge on any atom is 0.264 e. The molecule has 0 radical (unpaired) electrons. The Morgan fingerprint density at radius 3 is 2.21 bits per heavy atom. The van der Waals surface area contributed by atoms with Crippen LogP contribution in [0.3, 0.4) is 0 Å². The van der Waals surface area contributed by atoms with Crippen molar-refractivity contribution in [3.8, 4) is 0 Å². The summed E-state index contributed by atoms with van der Waals surface area (Å²) < 4.78 is 43.6. The summed E-state index contributed by atoms with van der Waals surface area (Å²) in [5.41, 5.74) is -0.109. The monoisotopic (exact) mass is 603 g/mol. The topological polar surface area (TPSA) is 86.8 Å². The molecule has 202 valence electrons. The van der Waals surface area contributed by atoms with E-state index in [-0.39, 0.29) is 22.7 Å². The van der Waals surface area contributed by atoms with Crippen LogP contribution >= 0.6 is 15.9 Å². The molecule has 0 heterocycles. The number of nitrogens with zero attached hydrogens (tertiary/aromatic N) is 2. The molecule has 0 aromatic heterocycles. The van der Waals surface area contributed by atoms with E-state index in [0.717, 1.165) is 4.31 Å². The fourth-order valence-corrected chi connectivity index (χ4v) is 5.56. The van der Waals surface area contributed by atoms with Crippen molar-refractivity contribution >= 4 is 43.5 Å². The third kappa shape index (κ3) is 7.41. The molecule has 1 atom stereocenters. The highest BCUT2D eigenvalue weighted by molar-refractivity contribution is 9.10. The van der Waals surface area contributed by atoms with Gasteiger partial charge in [-0.2, -0.15) is 0 Å². The normalized spacial score (nSPS) is 12.5. The lowest BCUT2D eigenvalue weighted by atomic mass is 10.1. The average Bonchev–Trinajstić information content (AvgIpc) is 2.85. The van der Waals surface area contributed by atoms with E-state index in [0.29, 0.717) is 4.47 Å². The molecular weight excluding hydrogens is 573 g/mol. The minimum Gasteiger partial charge on any atom is -0.350 e. The van der Waals surface area contributed by atoms with Gasteiger partial charge in [0.05, 0.1) is 10.6 Å². The summed E-state index contributed by atoms with van der Waals surface area (Å²) in [6.07, 6.45) is 0. The number of hydrogen-bond donors (Lipinski definition) is 1. The zero-order chi connectivity index (χ0) is 28.1. The predicted octanol–water partition coefficient (Wildman–Crippen LogP) is 5.12. The van der Waals surface area contributed by atoms with Gasteiger partial charge in [0.2, 0.25) is 11.8 Å². The molecule has 38 heavy (non-hydrogen) atoms. The van der Waals surface area contributed by atoms with Crippen molar-refractivity contribution in [2.24, 2.45) is 0 Å². The standard InChI is InChI=1S/C28H31BrFN3O4S/c1-20(27(35)31-28(2,3)4)32(18-21-11-8-9-16-25(21)30)26(34)19-33(23-13-10-12-22(29)17-23)38(36,37)24-14-6-5-7-15-24/h5-17,20H,18-19H2,1-4H3,(H,31,35)/t20-/m0/s1. The van der Waals surface area contributed by atoms with Gasteiger partial charge < -0.3 is 10.2 Å². The Morgan fingerprint density at radius 1 is 0.974 bits per heavy atom. The van der Waals surface area contributed by atoms with E-state index in [1.807, 2.05) is 20.8 Å². The van der Waals surface area contributed by atoms with Crippen LogP contribution in [-0.2, 0) is 26.2 Å². The highest BCUT2D eigenvalue weighted by Gasteiger charge is 2.33. The molecule has 0 saturated carbocycles. The van der Waals surface area contributed by atoms with Crippen molar-refractivity contribution in [3.05, 3.63) is 94.7 Å². The van der Waals surface area contributed by atoms with Gasteiger partial charge in [-0.1, -0.05) is 58.4 Å².